The second kappa shape index (κ2) is 12.6. The Balaban J connectivity index is 1.33. The number of tetrazole rings is 1. The molecule has 11 heteroatoms. The molecular weight excluding hydrogens is 487 g/mol. The average Bonchev–Trinajstić information content (AvgIpc) is 3.31. The monoisotopic (exact) mass is 522 g/mol. The van der Waals surface area contributed by atoms with Crippen LogP contribution in [0.1, 0.15) is 38.7 Å². The minimum Gasteiger partial charge on any atom is -0.341 e. The Morgan fingerprint density at radius 2 is 1.95 bits per heavy atom. The van der Waals surface area contributed by atoms with Crippen molar-refractivity contribution in [3.8, 4) is 11.4 Å². The highest BCUT2D eigenvalue weighted by atomic mass is 19.1. The van der Waals surface area contributed by atoms with Gasteiger partial charge in [0.1, 0.15) is 5.82 Å². The number of carbonyl (C=O) groups is 2. The van der Waals surface area contributed by atoms with Crippen LogP contribution in [0.5, 0.6) is 0 Å². The first-order chi connectivity index (χ1) is 18.3. The third-order valence-corrected chi connectivity index (χ3v) is 6.75. The van der Waals surface area contributed by atoms with Crippen LogP contribution >= 0.6 is 0 Å². The number of likely N-dealkylation sites (tertiary alicyclic amines) is 1. The van der Waals surface area contributed by atoms with Crippen molar-refractivity contribution in [1.29, 1.82) is 0 Å². The van der Waals surface area contributed by atoms with Crippen LogP contribution in [0.3, 0.4) is 0 Å². The summed E-state index contributed by atoms with van der Waals surface area (Å²) in [7, 11) is 1.75. The third kappa shape index (κ3) is 7.58. The van der Waals surface area contributed by atoms with Crippen LogP contribution in [-0.2, 0) is 18.3 Å². The number of nitrogens with one attached hydrogen (secondary N) is 3. The zero-order valence-electron chi connectivity index (χ0n) is 22.0. The molecule has 3 atom stereocenters. The first-order valence-corrected chi connectivity index (χ1v) is 12.9. The Morgan fingerprint density at radius 1 is 1.16 bits per heavy atom. The highest BCUT2D eigenvalue weighted by Crippen LogP contribution is 2.24. The van der Waals surface area contributed by atoms with Gasteiger partial charge < -0.3 is 16.0 Å². The summed E-state index contributed by atoms with van der Waals surface area (Å²) in [5, 5.41) is 20.4. The van der Waals surface area contributed by atoms with Crippen molar-refractivity contribution in [3.05, 3.63) is 59.9 Å². The van der Waals surface area contributed by atoms with Crippen molar-refractivity contribution in [1.82, 2.24) is 35.7 Å². The summed E-state index contributed by atoms with van der Waals surface area (Å²) in [5.41, 5.74) is 2.52. The van der Waals surface area contributed by atoms with E-state index in [9.17, 15) is 14.0 Å². The van der Waals surface area contributed by atoms with Gasteiger partial charge in [0.25, 0.3) is 0 Å². The molecule has 0 aliphatic carbocycles. The minimum absolute atomic E-state index is 0.109. The van der Waals surface area contributed by atoms with Gasteiger partial charge in [-0.1, -0.05) is 24.3 Å². The number of anilines is 1. The Labute approximate surface area is 222 Å². The minimum atomic E-state index is -0.333. The van der Waals surface area contributed by atoms with Crippen molar-refractivity contribution in [3.63, 3.8) is 0 Å². The SMILES string of the molecule is CC(=O)N[C@H](C[C@@H](C)NC(=O)Nc1cccc(-c2nnnn2C)c1)N1CCC[C@@H](Cc2ccc(F)cc2)C1. The molecular formula is C27H35FN8O2. The number of hydrogen-bond acceptors (Lipinski definition) is 6. The van der Waals surface area contributed by atoms with E-state index in [0.29, 0.717) is 23.9 Å². The van der Waals surface area contributed by atoms with E-state index in [-0.39, 0.29) is 30.0 Å². The second-order valence-corrected chi connectivity index (χ2v) is 9.99. The molecule has 3 amide bonds. The van der Waals surface area contributed by atoms with Gasteiger partial charge in [0.05, 0.1) is 6.17 Å². The number of nitrogens with zero attached hydrogens (tertiary/aromatic N) is 5. The number of piperidine rings is 1. The number of amides is 3. The predicted molar refractivity (Wildman–Crippen MR) is 142 cm³/mol. The molecule has 1 saturated heterocycles. The van der Waals surface area contributed by atoms with E-state index >= 15 is 0 Å². The number of benzene rings is 2. The highest BCUT2D eigenvalue weighted by molar-refractivity contribution is 5.90. The predicted octanol–water partition coefficient (Wildman–Crippen LogP) is 3.33. The van der Waals surface area contributed by atoms with Gasteiger partial charge in [0.2, 0.25) is 5.91 Å². The first kappa shape index (κ1) is 27.2. The Kier molecular flexibility index (Phi) is 9.01. The standard InChI is InChI=1S/C27H35FN8O2/c1-18(29-27(38)31-24-8-4-7-22(16-24)26-32-33-34-35(26)3)14-25(30-19(2)37)36-13-5-6-21(17-36)15-20-9-11-23(28)12-10-20/h4,7-12,16,18,21,25H,5-6,13-15,17H2,1-3H3,(H,30,37)(H2,29,31,38)/t18-,21+,25+/m1/s1. The van der Waals surface area contributed by atoms with Gasteiger partial charge in [0.15, 0.2) is 5.82 Å². The van der Waals surface area contributed by atoms with E-state index in [1.807, 2.05) is 37.3 Å². The van der Waals surface area contributed by atoms with Gasteiger partial charge in [-0.2, -0.15) is 0 Å². The molecule has 1 aromatic heterocycles. The van der Waals surface area contributed by atoms with Crippen LogP contribution in [0.25, 0.3) is 11.4 Å². The van der Waals surface area contributed by atoms with E-state index in [4.69, 9.17) is 0 Å². The molecule has 1 fully saturated rings. The third-order valence-electron chi connectivity index (χ3n) is 6.75. The van der Waals surface area contributed by atoms with Gasteiger partial charge in [-0.25, -0.2) is 13.9 Å². The number of aryl methyl sites for hydroxylation is 1. The molecule has 1 aliphatic heterocycles. The zero-order chi connectivity index (χ0) is 27.1. The van der Waals surface area contributed by atoms with Gasteiger partial charge in [-0.15, -0.1) is 5.10 Å². The maximum Gasteiger partial charge on any atom is 0.319 e. The number of urea groups is 1. The quantitative estimate of drug-likeness (QED) is 0.397. The maximum atomic E-state index is 13.3. The van der Waals surface area contributed by atoms with Crippen LogP contribution in [-0.4, -0.2) is 62.3 Å². The van der Waals surface area contributed by atoms with E-state index in [1.165, 1.54) is 19.1 Å². The molecule has 3 aromatic rings. The molecule has 202 valence electrons. The zero-order valence-corrected chi connectivity index (χ0v) is 22.0. The molecule has 0 radical (unpaired) electrons. The Morgan fingerprint density at radius 3 is 2.66 bits per heavy atom. The lowest BCUT2D eigenvalue weighted by molar-refractivity contribution is -0.121. The molecule has 0 unspecified atom stereocenters. The summed E-state index contributed by atoms with van der Waals surface area (Å²) in [6.07, 6.45) is 3.32. The molecule has 0 spiro atoms. The van der Waals surface area contributed by atoms with Crippen LogP contribution in [0.4, 0.5) is 14.9 Å². The van der Waals surface area contributed by atoms with Crippen LogP contribution in [0.2, 0.25) is 0 Å². The topological polar surface area (TPSA) is 117 Å². The lowest BCUT2D eigenvalue weighted by Crippen LogP contribution is -2.54. The van der Waals surface area contributed by atoms with Gasteiger partial charge in [0, 0.05) is 50.8 Å². The van der Waals surface area contributed by atoms with E-state index < -0.39 is 0 Å². The van der Waals surface area contributed by atoms with Crippen LogP contribution in [0.15, 0.2) is 48.5 Å². The fourth-order valence-corrected chi connectivity index (χ4v) is 5.03. The van der Waals surface area contributed by atoms with Crippen molar-refractivity contribution >= 4 is 17.6 Å². The van der Waals surface area contributed by atoms with Crippen LogP contribution in [0, 0.1) is 11.7 Å². The maximum absolute atomic E-state index is 13.3. The number of halogens is 1. The normalized spacial score (nSPS) is 17.4. The molecule has 3 N–H and O–H groups in total. The Hall–Kier alpha value is -3.86. The molecule has 10 nitrogen and oxygen atoms in total. The second-order valence-electron chi connectivity index (χ2n) is 9.99. The summed E-state index contributed by atoms with van der Waals surface area (Å²) < 4.78 is 14.9. The fourth-order valence-electron chi connectivity index (χ4n) is 5.03. The molecule has 1 aliphatic rings. The molecule has 2 heterocycles. The molecule has 2 aromatic carbocycles. The summed E-state index contributed by atoms with van der Waals surface area (Å²) in [4.78, 5) is 27.0. The largest absolute Gasteiger partial charge is 0.341 e. The van der Waals surface area contributed by atoms with E-state index in [2.05, 4.69) is 36.4 Å². The molecule has 4 rings (SSSR count). The van der Waals surface area contributed by atoms with Gasteiger partial charge in [-0.05, 0) is 72.4 Å². The summed E-state index contributed by atoms with van der Waals surface area (Å²) in [5.74, 6) is 0.668. The number of carbonyl (C=O) groups excluding carboxylic acids is 2. The van der Waals surface area contributed by atoms with E-state index in [0.717, 1.165) is 43.5 Å². The van der Waals surface area contributed by atoms with Crippen molar-refractivity contribution < 1.29 is 14.0 Å². The van der Waals surface area contributed by atoms with Crippen molar-refractivity contribution in [2.45, 2.75) is 51.7 Å². The summed E-state index contributed by atoms with van der Waals surface area (Å²) >= 11 is 0. The summed E-state index contributed by atoms with van der Waals surface area (Å²) in [6, 6.07) is 13.4. The van der Waals surface area contributed by atoms with Crippen molar-refractivity contribution in [2.75, 3.05) is 18.4 Å². The van der Waals surface area contributed by atoms with Crippen molar-refractivity contribution in [2.24, 2.45) is 13.0 Å². The number of aromatic nitrogens is 4. The summed E-state index contributed by atoms with van der Waals surface area (Å²) in [6.45, 7) is 5.13. The first-order valence-electron chi connectivity index (χ1n) is 12.9. The number of rotatable bonds is 9. The fraction of sp³-hybridized carbons (Fsp3) is 0.444. The number of hydrogen-bond donors (Lipinski definition) is 3. The lowest BCUT2D eigenvalue weighted by Gasteiger charge is -2.39. The van der Waals surface area contributed by atoms with E-state index in [1.54, 1.807) is 17.8 Å². The average molecular weight is 523 g/mol. The molecule has 38 heavy (non-hydrogen) atoms. The smallest absolute Gasteiger partial charge is 0.319 e. The highest BCUT2D eigenvalue weighted by Gasteiger charge is 2.28. The Bertz CT molecular complexity index is 1230. The van der Waals surface area contributed by atoms with Gasteiger partial charge >= 0.3 is 6.03 Å². The van der Waals surface area contributed by atoms with Gasteiger partial charge in [-0.3, -0.25) is 9.69 Å². The lowest BCUT2D eigenvalue weighted by atomic mass is 9.90. The molecule has 0 bridgehead atoms. The van der Waals surface area contributed by atoms with Crippen LogP contribution < -0.4 is 16.0 Å². The molecule has 0 saturated carbocycles.